The predicted molar refractivity (Wildman–Crippen MR) is 69.0 cm³/mol. The Bertz CT molecular complexity index is 259. The summed E-state index contributed by atoms with van der Waals surface area (Å²) in [6.45, 7) is 19.1. The highest BCUT2D eigenvalue weighted by Gasteiger charge is 2.40. The zero-order chi connectivity index (χ0) is 12.1. The van der Waals surface area contributed by atoms with E-state index in [1.807, 2.05) is 0 Å². The lowest BCUT2D eigenvalue weighted by Gasteiger charge is -2.35. The van der Waals surface area contributed by atoms with Crippen molar-refractivity contribution in [2.24, 2.45) is 16.2 Å². The van der Waals surface area contributed by atoms with Crippen molar-refractivity contribution in [1.29, 1.82) is 0 Å². The molecule has 15 heavy (non-hydrogen) atoms. The second-order valence-corrected chi connectivity index (χ2v) is 7.54. The van der Waals surface area contributed by atoms with Gasteiger partial charge in [-0.2, -0.15) is 0 Å². The maximum atomic E-state index is 2.42. The fraction of sp³-hybridized carbons (Fsp3) is 0.867. The Hall–Kier alpha value is -0.260. The molecule has 1 aliphatic carbocycles. The highest BCUT2D eigenvalue weighted by atomic mass is 14.5. The van der Waals surface area contributed by atoms with Crippen molar-refractivity contribution >= 4 is 0 Å². The molecule has 0 aromatic rings. The third kappa shape index (κ3) is 2.46. The third-order valence-corrected chi connectivity index (χ3v) is 4.43. The quantitative estimate of drug-likeness (QED) is 0.480. The summed E-state index contributed by atoms with van der Waals surface area (Å²) < 4.78 is 0. The molecule has 0 aliphatic heterocycles. The number of rotatable bonds is 0. The van der Waals surface area contributed by atoms with Gasteiger partial charge in [0.1, 0.15) is 0 Å². The predicted octanol–water partition coefficient (Wildman–Crippen LogP) is 5.20. The molecule has 0 radical (unpaired) electrons. The van der Waals surface area contributed by atoms with Crippen LogP contribution in [-0.2, 0) is 0 Å². The maximum absolute atomic E-state index is 2.42. The summed E-state index contributed by atoms with van der Waals surface area (Å²) in [6.07, 6.45) is 2.60. The summed E-state index contributed by atoms with van der Waals surface area (Å²) >= 11 is 0. The van der Waals surface area contributed by atoms with Crippen LogP contribution in [0.2, 0.25) is 0 Å². The monoisotopic (exact) mass is 208 g/mol. The van der Waals surface area contributed by atoms with Gasteiger partial charge in [0.2, 0.25) is 0 Å². The molecule has 0 amide bonds. The normalized spacial score (nSPS) is 28.8. The Labute approximate surface area is 96.2 Å². The van der Waals surface area contributed by atoms with Crippen molar-refractivity contribution in [3.63, 3.8) is 0 Å². The lowest BCUT2D eigenvalue weighted by molar-refractivity contribution is 0.179. The van der Waals surface area contributed by atoms with Gasteiger partial charge in [0.15, 0.2) is 0 Å². The van der Waals surface area contributed by atoms with Gasteiger partial charge in [-0.3, -0.25) is 0 Å². The molecule has 1 aliphatic rings. The summed E-state index contributed by atoms with van der Waals surface area (Å²) in [5.74, 6) is 0. The lowest BCUT2D eigenvalue weighted by Crippen LogP contribution is -2.24. The van der Waals surface area contributed by atoms with Crippen molar-refractivity contribution < 1.29 is 0 Å². The zero-order valence-electron chi connectivity index (χ0n) is 11.9. The fourth-order valence-corrected chi connectivity index (χ4v) is 3.74. The summed E-state index contributed by atoms with van der Waals surface area (Å²) in [4.78, 5) is 0. The molecule has 0 nitrogen and oxygen atoms in total. The number of allylic oxidation sites excluding steroid dienone is 2. The van der Waals surface area contributed by atoms with Gasteiger partial charge in [-0.1, -0.05) is 52.7 Å². The van der Waals surface area contributed by atoms with E-state index in [1.165, 1.54) is 12.8 Å². The Balaban J connectivity index is 3.27. The minimum Gasteiger partial charge on any atom is -0.0682 e. The fourth-order valence-electron chi connectivity index (χ4n) is 3.74. The summed E-state index contributed by atoms with van der Waals surface area (Å²) in [5.41, 5.74) is 4.39. The van der Waals surface area contributed by atoms with Gasteiger partial charge in [-0.05, 0) is 42.9 Å². The third-order valence-electron chi connectivity index (χ3n) is 4.43. The van der Waals surface area contributed by atoms with Crippen molar-refractivity contribution in [2.45, 2.75) is 68.2 Å². The van der Waals surface area contributed by atoms with Gasteiger partial charge in [0.25, 0.3) is 0 Å². The first-order chi connectivity index (χ1) is 6.48. The van der Waals surface area contributed by atoms with Crippen LogP contribution in [0.15, 0.2) is 11.1 Å². The van der Waals surface area contributed by atoms with Crippen LogP contribution >= 0.6 is 0 Å². The highest BCUT2D eigenvalue weighted by molar-refractivity contribution is 5.25. The minimum absolute atomic E-state index is 0.362. The summed E-state index contributed by atoms with van der Waals surface area (Å²) in [5, 5.41) is 0. The van der Waals surface area contributed by atoms with E-state index in [4.69, 9.17) is 0 Å². The SMILES string of the molecule is CC1=C(C)C(C)(C)CC(C)(C)CC1(C)C. The molecule has 0 heterocycles. The molecule has 0 saturated heterocycles. The average molecular weight is 208 g/mol. The van der Waals surface area contributed by atoms with Gasteiger partial charge in [-0.25, -0.2) is 0 Å². The lowest BCUT2D eigenvalue weighted by atomic mass is 9.70. The molecule has 0 atom stereocenters. The molecule has 1 rings (SSSR count). The molecule has 0 fully saturated rings. The molecule has 0 heteroatoms. The van der Waals surface area contributed by atoms with Gasteiger partial charge in [0, 0.05) is 0 Å². The van der Waals surface area contributed by atoms with Gasteiger partial charge in [-0.15, -0.1) is 0 Å². The van der Waals surface area contributed by atoms with E-state index in [0.717, 1.165) is 0 Å². The Kier molecular flexibility index (Phi) is 2.87. The van der Waals surface area contributed by atoms with Crippen LogP contribution in [0.1, 0.15) is 68.2 Å². The van der Waals surface area contributed by atoms with E-state index in [9.17, 15) is 0 Å². The van der Waals surface area contributed by atoms with Crippen molar-refractivity contribution in [2.75, 3.05) is 0 Å². The van der Waals surface area contributed by atoms with E-state index in [1.54, 1.807) is 11.1 Å². The smallest absolute Gasteiger partial charge is 0.0140 e. The molecular weight excluding hydrogens is 180 g/mol. The summed E-state index contributed by atoms with van der Waals surface area (Å²) in [6, 6.07) is 0. The first kappa shape index (κ1) is 12.8. The Morgan fingerprint density at radius 3 is 1.20 bits per heavy atom. The van der Waals surface area contributed by atoms with Crippen LogP contribution < -0.4 is 0 Å². The second kappa shape index (κ2) is 3.37. The van der Waals surface area contributed by atoms with Crippen LogP contribution in [0.5, 0.6) is 0 Å². The standard InChI is InChI=1S/C15H28/c1-11-12(2)15(7,8)10-13(3,4)9-14(11,5)6/h9-10H2,1-8H3. The van der Waals surface area contributed by atoms with E-state index in [0.29, 0.717) is 16.2 Å². The van der Waals surface area contributed by atoms with Crippen LogP contribution in [0.3, 0.4) is 0 Å². The van der Waals surface area contributed by atoms with Gasteiger partial charge < -0.3 is 0 Å². The van der Waals surface area contributed by atoms with Crippen molar-refractivity contribution in [1.82, 2.24) is 0 Å². The van der Waals surface area contributed by atoms with E-state index < -0.39 is 0 Å². The largest absolute Gasteiger partial charge is 0.0682 e. The van der Waals surface area contributed by atoms with Gasteiger partial charge in [0.05, 0.1) is 0 Å². The molecule has 0 N–H and O–H groups in total. The number of hydrogen-bond acceptors (Lipinski definition) is 0. The van der Waals surface area contributed by atoms with Gasteiger partial charge >= 0.3 is 0 Å². The van der Waals surface area contributed by atoms with E-state index >= 15 is 0 Å². The van der Waals surface area contributed by atoms with E-state index in [2.05, 4.69) is 55.4 Å². The zero-order valence-corrected chi connectivity index (χ0v) is 11.9. The summed E-state index contributed by atoms with van der Waals surface area (Å²) in [7, 11) is 0. The minimum atomic E-state index is 0.362. The molecule has 88 valence electrons. The topological polar surface area (TPSA) is 0 Å². The molecule has 0 spiro atoms. The van der Waals surface area contributed by atoms with Crippen LogP contribution in [0.25, 0.3) is 0 Å². The van der Waals surface area contributed by atoms with Crippen LogP contribution in [-0.4, -0.2) is 0 Å². The Morgan fingerprint density at radius 1 is 0.667 bits per heavy atom. The van der Waals surface area contributed by atoms with E-state index in [-0.39, 0.29) is 0 Å². The molecule has 0 aromatic carbocycles. The van der Waals surface area contributed by atoms with Crippen LogP contribution in [0, 0.1) is 16.2 Å². The molecule has 0 unspecified atom stereocenters. The first-order valence-corrected chi connectivity index (χ1v) is 6.16. The van der Waals surface area contributed by atoms with Crippen molar-refractivity contribution in [3.8, 4) is 0 Å². The molecular formula is C15H28. The molecule has 0 saturated carbocycles. The highest BCUT2D eigenvalue weighted by Crippen LogP contribution is 2.52. The maximum Gasteiger partial charge on any atom is -0.0140 e. The molecule has 0 bridgehead atoms. The second-order valence-electron chi connectivity index (χ2n) is 7.54. The van der Waals surface area contributed by atoms with Crippen LogP contribution in [0.4, 0.5) is 0 Å². The van der Waals surface area contributed by atoms with Crippen molar-refractivity contribution in [3.05, 3.63) is 11.1 Å². The average Bonchev–Trinajstić information content (AvgIpc) is 1.98. The first-order valence-electron chi connectivity index (χ1n) is 6.16. The molecule has 0 aromatic heterocycles. The number of hydrogen-bond donors (Lipinski definition) is 0. The Morgan fingerprint density at radius 2 is 0.933 bits per heavy atom.